The Balaban J connectivity index is 2.61. The second kappa shape index (κ2) is 5.24. The molecule has 0 radical (unpaired) electrons. The maximum atomic E-state index is 11.3. The van der Waals surface area contributed by atoms with E-state index >= 15 is 0 Å². The van der Waals surface area contributed by atoms with Crippen LogP contribution in [0.4, 0.5) is 4.79 Å². The Hall–Kier alpha value is -1.71. The summed E-state index contributed by atoms with van der Waals surface area (Å²) < 4.78 is 5.17. The average molecular weight is 208 g/mol. The van der Waals surface area contributed by atoms with Crippen molar-refractivity contribution in [2.75, 3.05) is 21.2 Å². The number of carbonyl (C=O) groups is 1. The summed E-state index contributed by atoms with van der Waals surface area (Å²) in [6.45, 7) is 0.473. The van der Waals surface area contributed by atoms with E-state index in [2.05, 4.69) is 5.32 Å². The fraction of sp³-hybridized carbons (Fsp3) is 0.364. The van der Waals surface area contributed by atoms with E-state index in [1.54, 1.807) is 21.2 Å². The predicted molar refractivity (Wildman–Crippen MR) is 58.9 cm³/mol. The highest BCUT2D eigenvalue weighted by Gasteiger charge is 2.05. The van der Waals surface area contributed by atoms with Gasteiger partial charge in [-0.2, -0.15) is 0 Å². The molecule has 4 nitrogen and oxygen atoms in total. The van der Waals surface area contributed by atoms with Crippen molar-refractivity contribution in [3.8, 4) is 5.75 Å². The van der Waals surface area contributed by atoms with E-state index in [9.17, 15) is 4.79 Å². The molecule has 1 N–H and O–H groups in total. The average Bonchev–Trinajstić information content (AvgIpc) is 2.26. The van der Waals surface area contributed by atoms with Crippen LogP contribution in [0, 0.1) is 0 Å². The lowest BCUT2D eigenvalue weighted by atomic mass is 10.2. The number of benzene rings is 1. The van der Waals surface area contributed by atoms with Crippen molar-refractivity contribution in [3.63, 3.8) is 0 Å². The van der Waals surface area contributed by atoms with Gasteiger partial charge in [0.15, 0.2) is 0 Å². The van der Waals surface area contributed by atoms with Gasteiger partial charge in [-0.15, -0.1) is 0 Å². The highest BCUT2D eigenvalue weighted by atomic mass is 16.5. The molecule has 0 bridgehead atoms. The summed E-state index contributed by atoms with van der Waals surface area (Å²) in [6.07, 6.45) is 0. The van der Waals surface area contributed by atoms with Crippen molar-refractivity contribution in [2.45, 2.75) is 6.54 Å². The zero-order chi connectivity index (χ0) is 11.3. The number of amides is 2. The Labute approximate surface area is 89.8 Å². The molecule has 82 valence electrons. The minimum absolute atomic E-state index is 0.110. The molecule has 0 aromatic heterocycles. The minimum Gasteiger partial charge on any atom is -0.496 e. The van der Waals surface area contributed by atoms with Crippen LogP contribution < -0.4 is 10.1 Å². The van der Waals surface area contributed by atoms with Crippen LogP contribution in [0.2, 0.25) is 0 Å². The lowest BCUT2D eigenvalue weighted by molar-refractivity contribution is 0.217. The van der Waals surface area contributed by atoms with Crippen molar-refractivity contribution in [3.05, 3.63) is 29.8 Å². The predicted octanol–water partition coefficient (Wildman–Crippen LogP) is 1.47. The topological polar surface area (TPSA) is 41.6 Å². The molecule has 0 atom stereocenters. The standard InChI is InChI=1S/C11H16N2O2/c1-13(2)11(14)12-8-9-6-4-5-7-10(9)15-3/h4-7H,8H2,1-3H3,(H,12,14). The second-order valence-corrected chi connectivity index (χ2v) is 3.36. The third-order valence-corrected chi connectivity index (χ3v) is 2.03. The van der Waals surface area contributed by atoms with Crippen molar-refractivity contribution in [1.82, 2.24) is 10.2 Å². The minimum atomic E-state index is -0.110. The lowest BCUT2D eigenvalue weighted by Gasteiger charge is -2.13. The molecule has 0 aliphatic carbocycles. The summed E-state index contributed by atoms with van der Waals surface area (Å²) in [7, 11) is 5.03. The molecule has 0 aliphatic rings. The van der Waals surface area contributed by atoms with E-state index in [-0.39, 0.29) is 6.03 Å². The van der Waals surface area contributed by atoms with E-state index in [0.29, 0.717) is 6.54 Å². The van der Waals surface area contributed by atoms with E-state index in [1.165, 1.54) is 4.90 Å². The number of urea groups is 1. The van der Waals surface area contributed by atoms with Gasteiger partial charge in [0, 0.05) is 26.2 Å². The first-order valence-electron chi connectivity index (χ1n) is 4.72. The molecular formula is C11H16N2O2. The second-order valence-electron chi connectivity index (χ2n) is 3.36. The Kier molecular flexibility index (Phi) is 3.97. The first kappa shape index (κ1) is 11.4. The van der Waals surface area contributed by atoms with Crippen molar-refractivity contribution < 1.29 is 9.53 Å². The smallest absolute Gasteiger partial charge is 0.317 e. The molecule has 0 fully saturated rings. The maximum absolute atomic E-state index is 11.3. The Morgan fingerprint density at radius 3 is 2.67 bits per heavy atom. The molecular weight excluding hydrogens is 192 g/mol. The zero-order valence-electron chi connectivity index (χ0n) is 9.28. The van der Waals surface area contributed by atoms with Crippen LogP contribution in [0.3, 0.4) is 0 Å². The molecule has 1 aromatic carbocycles. The number of ether oxygens (including phenoxy) is 1. The number of methoxy groups -OCH3 is 1. The summed E-state index contributed by atoms with van der Waals surface area (Å²) in [5.74, 6) is 0.788. The maximum Gasteiger partial charge on any atom is 0.317 e. The molecule has 1 rings (SSSR count). The number of hydrogen-bond acceptors (Lipinski definition) is 2. The number of nitrogens with one attached hydrogen (secondary N) is 1. The zero-order valence-corrected chi connectivity index (χ0v) is 9.28. The molecule has 1 aromatic rings. The molecule has 0 heterocycles. The van der Waals surface area contributed by atoms with E-state index in [4.69, 9.17) is 4.74 Å². The molecule has 2 amide bonds. The summed E-state index contributed by atoms with van der Waals surface area (Å²) in [6, 6.07) is 7.50. The van der Waals surface area contributed by atoms with Gasteiger partial charge in [0.25, 0.3) is 0 Å². The normalized spacial score (nSPS) is 9.53. The number of nitrogens with zero attached hydrogens (tertiary/aromatic N) is 1. The number of para-hydroxylation sites is 1. The number of carbonyl (C=O) groups excluding carboxylic acids is 1. The van der Waals surface area contributed by atoms with E-state index < -0.39 is 0 Å². The van der Waals surface area contributed by atoms with E-state index in [1.807, 2.05) is 24.3 Å². The lowest BCUT2D eigenvalue weighted by Crippen LogP contribution is -2.33. The van der Waals surface area contributed by atoms with Crippen LogP contribution in [0.5, 0.6) is 5.75 Å². The van der Waals surface area contributed by atoms with Gasteiger partial charge in [0.2, 0.25) is 0 Å². The molecule has 4 heteroatoms. The van der Waals surface area contributed by atoms with Crippen molar-refractivity contribution >= 4 is 6.03 Å². The van der Waals surface area contributed by atoms with Crippen LogP contribution in [-0.2, 0) is 6.54 Å². The first-order chi connectivity index (χ1) is 7.15. The number of hydrogen-bond donors (Lipinski definition) is 1. The Morgan fingerprint density at radius 1 is 1.40 bits per heavy atom. The third-order valence-electron chi connectivity index (χ3n) is 2.03. The highest BCUT2D eigenvalue weighted by Crippen LogP contribution is 2.16. The van der Waals surface area contributed by atoms with Crippen LogP contribution in [-0.4, -0.2) is 32.1 Å². The van der Waals surface area contributed by atoms with Gasteiger partial charge in [-0.05, 0) is 6.07 Å². The molecule has 0 unspecified atom stereocenters. The number of rotatable bonds is 3. The quantitative estimate of drug-likeness (QED) is 0.817. The van der Waals surface area contributed by atoms with Gasteiger partial charge < -0.3 is 15.0 Å². The van der Waals surface area contributed by atoms with Crippen LogP contribution >= 0.6 is 0 Å². The van der Waals surface area contributed by atoms with Gasteiger partial charge in [-0.1, -0.05) is 18.2 Å². The molecule has 0 aliphatic heterocycles. The summed E-state index contributed by atoms with van der Waals surface area (Å²) >= 11 is 0. The highest BCUT2D eigenvalue weighted by molar-refractivity contribution is 5.73. The van der Waals surface area contributed by atoms with Crippen LogP contribution in [0.15, 0.2) is 24.3 Å². The van der Waals surface area contributed by atoms with Gasteiger partial charge in [-0.3, -0.25) is 0 Å². The van der Waals surface area contributed by atoms with Crippen molar-refractivity contribution in [1.29, 1.82) is 0 Å². The van der Waals surface area contributed by atoms with Gasteiger partial charge >= 0.3 is 6.03 Å². The Bertz CT molecular complexity index is 337. The Morgan fingerprint density at radius 2 is 2.07 bits per heavy atom. The molecule has 0 spiro atoms. The van der Waals surface area contributed by atoms with Gasteiger partial charge in [0.05, 0.1) is 7.11 Å². The third kappa shape index (κ3) is 3.16. The van der Waals surface area contributed by atoms with Gasteiger partial charge in [0.1, 0.15) is 5.75 Å². The SMILES string of the molecule is COc1ccccc1CNC(=O)N(C)C. The largest absolute Gasteiger partial charge is 0.496 e. The fourth-order valence-corrected chi connectivity index (χ4v) is 1.18. The molecule has 15 heavy (non-hydrogen) atoms. The van der Waals surface area contributed by atoms with Crippen molar-refractivity contribution in [2.24, 2.45) is 0 Å². The summed E-state index contributed by atoms with van der Waals surface area (Å²) in [5.41, 5.74) is 0.968. The van der Waals surface area contributed by atoms with Crippen LogP contribution in [0.25, 0.3) is 0 Å². The monoisotopic (exact) mass is 208 g/mol. The molecule has 0 saturated heterocycles. The first-order valence-corrected chi connectivity index (χ1v) is 4.72. The van der Waals surface area contributed by atoms with Gasteiger partial charge in [-0.25, -0.2) is 4.79 Å². The fourth-order valence-electron chi connectivity index (χ4n) is 1.18. The summed E-state index contributed by atoms with van der Waals surface area (Å²) in [4.78, 5) is 12.8. The molecule has 0 saturated carbocycles. The van der Waals surface area contributed by atoms with Crippen LogP contribution in [0.1, 0.15) is 5.56 Å². The van der Waals surface area contributed by atoms with E-state index in [0.717, 1.165) is 11.3 Å². The summed E-state index contributed by atoms with van der Waals surface area (Å²) in [5, 5.41) is 2.78.